The quantitative estimate of drug-likeness (QED) is 0.295. The summed E-state index contributed by atoms with van der Waals surface area (Å²) in [6.07, 6.45) is 4.66. The summed E-state index contributed by atoms with van der Waals surface area (Å²) < 4.78 is 32.5. The summed E-state index contributed by atoms with van der Waals surface area (Å²) in [6.45, 7) is 6.98. The van der Waals surface area contributed by atoms with Crippen LogP contribution in [-0.4, -0.2) is 54.3 Å². The fourth-order valence-corrected chi connectivity index (χ4v) is 4.27. The molecule has 1 aliphatic rings. The van der Waals surface area contributed by atoms with Crippen LogP contribution in [0, 0.1) is 12.3 Å². The van der Waals surface area contributed by atoms with Gasteiger partial charge in [-0.1, -0.05) is 24.1 Å². The van der Waals surface area contributed by atoms with E-state index in [0.29, 0.717) is 6.54 Å². The van der Waals surface area contributed by atoms with Gasteiger partial charge in [0.1, 0.15) is 0 Å². The number of methoxy groups -OCH3 is 1. The first-order valence-corrected chi connectivity index (χ1v) is 11.5. The summed E-state index contributed by atoms with van der Waals surface area (Å²) in [4.78, 5) is 5.01. The van der Waals surface area contributed by atoms with Crippen LogP contribution in [0.5, 0.6) is 0 Å². The number of hydrogen-bond acceptors (Lipinski definition) is 4. The third-order valence-electron chi connectivity index (χ3n) is 5.21. The molecule has 8 heteroatoms. The molecule has 1 aliphatic carbocycles. The molecule has 0 aromatic heterocycles. The van der Waals surface area contributed by atoms with Crippen molar-refractivity contribution in [3.63, 3.8) is 0 Å². The number of rotatable bonds is 11. The minimum Gasteiger partial charge on any atom is -0.385 e. The number of ether oxygens (including phenoxy) is 1. The van der Waals surface area contributed by atoms with E-state index in [9.17, 15) is 8.42 Å². The molecule has 3 N–H and O–H groups in total. The van der Waals surface area contributed by atoms with Crippen molar-refractivity contribution in [2.45, 2.75) is 44.4 Å². The first-order valence-electron chi connectivity index (χ1n) is 9.98. The van der Waals surface area contributed by atoms with Gasteiger partial charge >= 0.3 is 0 Å². The molecular formula is C20H34N4O3S. The number of sulfonamides is 1. The predicted octanol–water partition coefficient (Wildman–Crippen LogP) is 2.04. The lowest BCUT2D eigenvalue weighted by Gasteiger charge is -2.40. The monoisotopic (exact) mass is 410 g/mol. The van der Waals surface area contributed by atoms with E-state index in [1.165, 1.54) is 19.3 Å². The highest BCUT2D eigenvalue weighted by atomic mass is 32.2. The Morgan fingerprint density at radius 2 is 1.89 bits per heavy atom. The van der Waals surface area contributed by atoms with Crippen molar-refractivity contribution in [3.05, 3.63) is 29.8 Å². The van der Waals surface area contributed by atoms with Gasteiger partial charge in [-0.25, -0.2) is 13.1 Å². The van der Waals surface area contributed by atoms with Crippen LogP contribution >= 0.6 is 0 Å². The van der Waals surface area contributed by atoms with E-state index >= 15 is 0 Å². The molecule has 0 amide bonds. The predicted molar refractivity (Wildman–Crippen MR) is 113 cm³/mol. The van der Waals surface area contributed by atoms with Crippen molar-refractivity contribution in [3.8, 4) is 0 Å². The van der Waals surface area contributed by atoms with E-state index in [0.717, 1.165) is 37.6 Å². The van der Waals surface area contributed by atoms with Crippen LogP contribution in [0.2, 0.25) is 0 Å². The molecule has 0 heterocycles. The van der Waals surface area contributed by atoms with Crippen molar-refractivity contribution < 1.29 is 13.2 Å². The van der Waals surface area contributed by atoms with Gasteiger partial charge in [-0.3, -0.25) is 4.99 Å². The first kappa shape index (κ1) is 22.6. The van der Waals surface area contributed by atoms with Crippen molar-refractivity contribution in [2.24, 2.45) is 10.4 Å². The molecular weight excluding hydrogens is 376 g/mol. The van der Waals surface area contributed by atoms with Crippen LogP contribution in [0.4, 0.5) is 0 Å². The lowest BCUT2D eigenvalue weighted by molar-refractivity contribution is 0.0778. The minimum atomic E-state index is -3.49. The van der Waals surface area contributed by atoms with Crippen LogP contribution in [-0.2, 0) is 14.8 Å². The zero-order valence-corrected chi connectivity index (χ0v) is 18.1. The van der Waals surface area contributed by atoms with Crippen LogP contribution in [0.3, 0.4) is 0 Å². The molecule has 1 saturated carbocycles. The largest absolute Gasteiger partial charge is 0.385 e. The van der Waals surface area contributed by atoms with Crippen LogP contribution < -0.4 is 15.4 Å². The summed E-state index contributed by atoms with van der Waals surface area (Å²) in [7, 11) is -1.76. The number of aliphatic imine (C=N–C) groups is 1. The highest BCUT2D eigenvalue weighted by molar-refractivity contribution is 7.89. The van der Waals surface area contributed by atoms with Gasteiger partial charge in [-0.05, 0) is 50.7 Å². The molecule has 1 aromatic rings. The molecule has 2 rings (SSSR count). The Labute approximate surface area is 169 Å². The zero-order chi connectivity index (χ0) is 20.5. The zero-order valence-electron chi connectivity index (χ0n) is 17.3. The second-order valence-corrected chi connectivity index (χ2v) is 9.20. The maximum absolute atomic E-state index is 12.3. The molecule has 7 nitrogen and oxygen atoms in total. The smallest absolute Gasteiger partial charge is 0.240 e. The number of benzene rings is 1. The maximum atomic E-state index is 12.3. The number of nitrogens with one attached hydrogen (secondary N) is 3. The van der Waals surface area contributed by atoms with E-state index in [1.807, 2.05) is 13.8 Å². The molecule has 0 unspecified atom stereocenters. The average Bonchev–Trinajstić information content (AvgIpc) is 2.64. The Hall–Kier alpha value is -1.64. The number of hydrogen-bond donors (Lipinski definition) is 3. The Kier molecular flexibility index (Phi) is 8.72. The number of nitrogens with zero attached hydrogens (tertiary/aromatic N) is 1. The van der Waals surface area contributed by atoms with Crippen LogP contribution in [0.1, 0.15) is 38.2 Å². The summed E-state index contributed by atoms with van der Waals surface area (Å²) in [5.41, 5.74) is 1.28. The van der Waals surface area contributed by atoms with Gasteiger partial charge in [0, 0.05) is 39.9 Å². The molecule has 0 spiro atoms. The maximum Gasteiger partial charge on any atom is 0.240 e. The Bertz CT molecular complexity index is 728. The first-order chi connectivity index (χ1) is 13.4. The van der Waals surface area contributed by atoms with Gasteiger partial charge in [-0.2, -0.15) is 0 Å². The summed E-state index contributed by atoms with van der Waals surface area (Å²) in [5.74, 6) is 0.723. The van der Waals surface area contributed by atoms with Gasteiger partial charge in [0.15, 0.2) is 5.96 Å². The van der Waals surface area contributed by atoms with Crippen molar-refractivity contribution >= 4 is 16.0 Å². The van der Waals surface area contributed by atoms with Gasteiger partial charge in [0.2, 0.25) is 10.0 Å². The third kappa shape index (κ3) is 6.76. The Balaban J connectivity index is 1.83. The van der Waals surface area contributed by atoms with Crippen molar-refractivity contribution in [2.75, 3.05) is 39.9 Å². The summed E-state index contributed by atoms with van der Waals surface area (Å²) >= 11 is 0. The number of guanidine groups is 1. The second kappa shape index (κ2) is 10.8. The second-order valence-electron chi connectivity index (χ2n) is 7.43. The van der Waals surface area contributed by atoms with E-state index in [2.05, 4.69) is 15.4 Å². The van der Waals surface area contributed by atoms with Crippen LogP contribution in [0.15, 0.2) is 34.2 Å². The summed E-state index contributed by atoms with van der Waals surface area (Å²) in [6, 6.07) is 6.83. The Morgan fingerprint density at radius 1 is 1.18 bits per heavy atom. The van der Waals surface area contributed by atoms with Crippen molar-refractivity contribution in [1.82, 2.24) is 15.4 Å². The normalized spacial score (nSPS) is 16.5. The SMILES string of the molecule is CCNC(=NCC1(CCOC)CCC1)NCCNS(=O)(=O)c1ccc(C)cc1. The fraction of sp³-hybridized carbons (Fsp3) is 0.650. The van der Waals surface area contributed by atoms with E-state index < -0.39 is 10.0 Å². The molecule has 0 atom stereocenters. The molecule has 28 heavy (non-hydrogen) atoms. The molecule has 1 fully saturated rings. The highest BCUT2D eigenvalue weighted by Gasteiger charge is 2.36. The molecule has 0 bridgehead atoms. The van der Waals surface area contributed by atoms with Crippen molar-refractivity contribution in [1.29, 1.82) is 0 Å². The summed E-state index contributed by atoms with van der Waals surface area (Å²) in [5, 5.41) is 6.44. The minimum absolute atomic E-state index is 0.255. The Morgan fingerprint density at radius 3 is 2.46 bits per heavy atom. The molecule has 0 aliphatic heterocycles. The topological polar surface area (TPSA) is 91.8 Å². The van der Waals surface area contributed by atoms with Gasteiger partial charge < -0.3 is 15.4 Å². The van der Waals surface area contributed by atoms with Gasteiger partial charge in [-0.15, -0.1) is 0 Å². The van der Waals surface area contributed by atoms with E-state index in [4.69, 9.17) is 9.73 Å². The van der Waals surface area contributed by atoms with Gasteiger partial charge in [0.05, 0.1) is 4.90 Å². The molecule has 0 radical (unpaired) electrons. The average molecular weight is 411 g/mol. The standard InChI is InChI=1S/C20H34N4O3S/c1-4-21-19(23-16-20(10-5-11-20)12-15-27-3)22-13-14-24-28(25,26)18-8-6-17(2)7-9-18/h6-9,24H,4-5,10-16H2,1-3H3,(H2,21,22,23). The number of aryl methyl sites for hydroxylation is 1. The van der Waals surface area contributed by atoms with Gasteiger partial charge in [0.25, 0.3) is 0 Å². The molecule has 0 saturated heterocycles. The highest BCUT2D eigenvalue weighted by Crippen LogP contribution is 2.44. The molecule has 158 valence electrons. The molecule has 1 aromatic carbocycles. The van der Waals surface area contributed by atoms with E-state index in [1.54, 1.807) is 31.4 Å². The van der Waals surface area contributed by atoms with Crippen LogP contribution in [0.25, 0.3) is 0 Å². The third-order valence-corrected chi connectivity index (χ3v) is 6.69. The fourth-order valence-electron chi connectivity index (χ4n) is 3.24. The lowest BCUT2D eigenvalue weighted by Crippen LogP contribution is -2.43. The lowest BCUT2D eigenvalue weighted by atomic mass is 9.67. The van der Waals surface area contributed by atoms with E-state index in [-0.39, 0.29) is 16.9 Å².